The molecule has 0 radical (unpaired) electrons. The van der Waals surface area contributed by atoms with E-state index in [0.29, 0.717) is 17.7 Å². The molecule has 0 fully saturated rings. The van der Waals surface area contributed by atoms with Gasteiger partial charge in [0, 0.05) is 18.1 Å². The smallest absolute Gasteiger partial charge is 0.263 e. The maximum atomic E-state index is 13.2. The van der Waals surface area contributed by atoms with Crippen LogP contribution in [-0.2, 0) is 6.54 Å². The summed E-state index contributed by atoms with van der Waals surface area (Å²) in [6.45, 7) is 3.29. The minimum Gasteiger partial charge on any atom is -0.344 e. The second-order valence-electron chi connectivity index (χ2n) is 6.19. The van der Waals surface area contributed by atoms with E-state index in [9.17, 15) is 4.79 Å². The number of benzene rings is 2. The van der Waals surface area contributed by atoms with Gasteiger partial charge in [-0.2, -0.15) is 0 Å². The maximum absolute atomic E-state index is 13.2. The van der Waals surface area contributed by atoms with Gasteiger partial charge >= 0.3 is 0 Å². The van der Waals surface area contributed by atoms with Crippen LogP contribution in [0.15, 0.2) is 57.8 Å². The van der Waals surface area contributed by atoms with E-state index in [1.54, 1.807) is 4.57 Å². The van der Waals surface area contributed by atoms with Crippen LogP contribution >= 0.6 is 15.9 Å². The monoisotopic (exact) mass is 411 g/mol. The molecule has 4 aromatic rings. The molecule has 0 amide bonds. The van der Waals surface area contributed by atoms with Crippen LogP contribution in [0.2, 0.25) is 0 Å². The van der Waals surface area contributed by atoms with Crippen molar-refractivity contribution in [1.82, 2.24) is 19.2 Å². The molecule has 26 heavy (non-hydrogen) atoms. The Morgan fingerprint density at radius 2 is 1.88 bits per heavy atom. The second-order valence-corrected chi connectivity index (χ2v) is 7.10. The summed E-state index contributed by atoms with van der Waals surface area (Å²) < 4.78 is 4.51. The Balaban J connectivity index is 2.08. The quantitative estimate of drug-likeness (QED) is 0.516. The van der Waals surface area contributed by atoms with Crippen molar-refractivity contribution in [2.24, 2.45) is 0 Å². The largest absolute Gasteiger partial charge is 0.344 e. The molecule has 0 aliphatic heterocycles. The molecule has 2 aromatic heterocycles. The molecule has 0 spiro atoms. The number of hydrogen-bond acceptors (Lipinski definition) is 4. The van der Waals surface area contributed by atoms with Crippen molar-refractivity contribution in [3.8, 4) is 0 Å². The highest BCUT2D eigenvalue weighted by molar-refractivity contribution is 9.10. The highest BCUT2D eigenvalue weighted by Gasteiger charge is 2.18. The molecule has 0 saturated carbocycles. The fraction of sp³-hybridized carbons (Fsp3) is 0.211. The normalized spacial score (nSPS) is 11.3. The van der Waals surface area contributed by atoms with Crippen molar-refractivity contribution in [2.75, 3.05) is 18.5 Å². The van der Waals surface area contributed by atoms with E-state index >= 15 is 0 Å². The molecule has 0 saturated heterocycles. The summed E-state index contributed by atoms with van der Waals surface area (Å²) in [6, 6.07) is 15.6. The Labute approximate surface area is 158 Å². The zero-order valence-corrected chi connectivity index (χ0v) is 16.1. The van der Waals surface area contributed by atoms with E-state index in [-0.39, 0.29) is 5.56 Å². The van der Waals surface area contributed by atoms with Gasteiger partial charge in [0.25, 0.3) is 5.56 Å². The first kappa shape index (κ1) is 16.8. The predicted octanol–water partition coefficient (Wildman–Crippen LogP) is 3.31. The lowest BCUT2D eigenvalue weighted by Crippen LogP contribution is -2.25. The zero-order chi connectivity index (χ0) is 18.3. The Kier molecular flexibility index (Phi) is 4.24. The van der Waals surface area contributed by atoms with Gasteiger partial charge in [0.2, 0.25) is 11.7 Å². The molecule has 0 atom stereocenters. The van der Waals surface area contributed by atoms with E-state index < -0.39 is 0 Å². The molecule has 0 aliphatic carbocycles. The van der Waals surface area contributed by atoms with E-state index in [4.69, 9.17) is 0 Å². The van der Waals surface area contributed by atoms with Gasteiger partial charge in [-0.05, 0) is 30.7 Å². The minimum absolute atomic E-state index is 0.0734. The van der Waals surface area contributed by atoms with Gasteiger partial charge in [0.1, 0.15) is 0 Å². The number of hydrogen-bond donors (Lipinski definition) is 0. The van der Waals surface area contributed by atoms with Crippen molar-refractivity contribution in [3.63, 3.8) is 0 Å². The first-order chi connectivity index (χ1) is 12.6. The Hall–Kier alpha value is -2.67. The standard InChI is InChI=1S/C19H18BrN5O/c1-3-23(2)18-21-22-19-24(12-13-7-5-4-6-8-13)17(26)15-11-14(20)9-10-16(15)25(18)19/h4-11H,3,12H2,1-2H3. The summed E-state index contributed by atoms with van der Waals surface area (Å²) in [5, 5.41) is 9.32. The Morgan fingerprint density at radius 3 is 2.62 bits per heavy atom. The van der Waals surface area contributed by atoms with Gasteiger partial charge < -0.3 is 4.90 Å². The molecule has 6 nitrogen and oxygen atoms in total. The van der Waals surface area contributed by atoms with E-state index in [1.165, 1.54) is 0 Å². The zero-order valence-electron chi connectivity index (χ0n) is 14.6. The third kappa shape index (κ3) is 2.68. The third-order valence-electron chi connectivity index (χ3n) is 4.54. The molecule has 4 rings (SSSR count). The topological polar surface area (TPSA) is 55.4 Å². The lowest BCUT2D eigenvalue weighted by molar-refractivity contribution is 0.765. The molecule has 132 valence electrons. The van der Waals surface area contributed by atoms with Gasteiger partial charge in [-0.15, -0.1) is 10.2 Å². The first-order valence-electron chi connectivity index (χ1n) is 8.42. The molecule has 2 heterocycles. The fourth-order valence-electron chi connectivity index (χ4n) is 3.07. The van der Waals surface area contributed by atoms with Gasteiger partial charge in [0.05, 0.1) is 17.4 Å². The lowest BCUT2D eigenvalue weighted by atomic mass is 10.2. The molecule has 0 bridgehead atoms. The number of fused-ring (bicyclic) bond motifs is 3. The van der Waals surface area contributed by atoms with E-state index in [0.717, 1.165) is 28.0 Å². The molecule has 2 aromatic carbocycles. The number of halogens is 1. The highest BCUT2D eigenvalue weighted by atomic mass is 79.9. The van der Waals surface area contributed by atoms with E-state index in [2.05, 4.69) is 33.1 Å². The van der Waals surface area contributed by atoms with Crippen LogP contribution in [0.5, 0.6) is 0 Å². The number of rotatable bonds is 4. The van der Waals surface area contributed by atoms with Crippen LogP contribution in [0.4, 0.5) is 5.95 Å². The van der Waals surface area contributed by atoms with Gasteiger partial charge in [0.15, 0.2) is 0 Å². The maximum Gasteiger partial charge on any atom is 0.263 e. The average Bonchev–Trinajstić information content (AvgIpc) is 3.10. The van der Waals surface area contributed by atoms with Gasteiger partial charge in [-0.3, -0.25) is 9.36 Å². The molecule has 0 unspecified atom stereocenters. The first-order valence-corrected chi connectivity index (χ1v) is 9.21. The van der Waals surface area contributed by atoms with Crippen molar-refractivity contribution in [3.05, 3.63) is 68.9 Å². The van der Waals surface area contributed by atoms with Crippen LogP contribution < -0.4 is 10.5 Å². The van der Waals surface area contributed by atoms with E-state index in [1.807, 2.05) is 64.9 Å². The van der Waals surface area contributed by atoms with Crippen molar-refractivity contribution >= 4 is 38.6 Å². The summed E-state index contributed by atoms with van der Waals surface area (Å²) in [5.74, 6) is 1.26. The molecule has 0 N–H and O–H groups in total. The van der Waals surface area contributed by atoms with Gasteiger partial charge in [-0.1, -0.05) is 46.3 Å². The van der Waals surface area contributed by atoms with Crippen LogP contribution in [0.25, 0.3) is 16.7 Å². The van der Waals surface area contributed by atoms with Gasteiger partial charge in [-0.25, -0.2) is 4.40 Å². The minimum atomic E-state index is -0.0734. The second kappa shape index (κ2) is 6.57. The van der Waals surface area contributed by atoms with Crippen molar-refractivity contribution < 1.29 is 0 Å². The predicted molar refractivity (Wildman–Crippen MR) is 107 cm³/mol. The van der Waals surface area contributed by atoms with Crippen molar-refractivity contribution in [2.45, 2.75) is 13.5 Å². The van der Waals surface area contributed by atoms with Crippen LogP contribution in [0, 0.1) is 0 Å². The Morgan fingerprint density at radius 1 is 1.12 bits per heavy atom. The number of nitrogens with zero attached hydrogens (tertiary/aromatic N) is 5. The van der Waals surface area contributed by atoms with Crippen molar-refractivity contribution in [1.29, 1.82) is 0 Å². The van der Waals surface area contributed by atoms with Crippen LogP contribution in [0.1, 0.15) is 12.5 Å². The SMILES string of the molecule is CCN(C)c1nnc2n(Cc3ccccc3)c(=O)c3cc(Br)ccc3n12. The third-order valence-corrected chi connectivity index (χ3v) is 5.04. The molecule has 7 heteroatoms. The summed E-state index contributed by atoms with van der Waals surface area (Å²) in [6.07, 6.45) is 0. The lowest BCUT2D eigenvalue weighted by Gasteiger charge is -2.16. The molecule has 0 aliphatic rings. The molecular formula is C19H18BrN5O. The molecular weight excluding hydrogens is 394 g/mol. The summed E-state index contributed by atoms with van der Waals surface area (Å²) >= 11 is 3.47. The Bertz CT molecular complexity index is 1150. The van der Waals surface area contributed by atoms with Crippen LogP contribution in [0.3, 0.4) is 0 Å². The average molecular weight is 412 g/mol. The highest BCUT2D eigenvalue weighted by Crippen LogP contribution is 2.22. The number of aromatic nitrogens is 4. The summed E-state index contributed by atoms with van der Waals surface area (Å²) in [4.78, 5) is 15.2. The fourth-order valence-corrected chi connectivity index (χ4v) is 3.43. The summed E-state index contributed by atoms with van der Waals surface area (Å²) in [5.41, 5.74) is 1.77. The summed E-state index contributed by atoms with van der Waals surface area (Å²) in [7, 11) is 1.97. The number of anilines is 1. The van der Waals surface area contributed by atoms with Crippen LogP contribution in [-0.4, -0.2) is 32.8 Å².